The van der Waals surface area contributed by atoms with Crippen molar-refractivity contribution in [3.63, 3.8) is 0 Å². The van der Waals surface area contributed by atoms with Gasteiger partial charge in [-0.2, -0.15) is 0 Å². The third kappa shape index (κ3) is 7.61. The molecule has 4 rings (SSSR count). The van der Waals surface area contributed by atoms with Gasteiger partial charge in [0.1, 0.15) is 11.0 Å². The van der Waals surface area contributed by atoms with Crippen LogP contribution in [0, 0.1) is 0 Å². The van der Waals surface area contributed by atoms with Gasteiger partial charge in [-0.25, -0.2) is 9.79 Å². The Labute approximate surface area is 236 Å². The van der Waals surface area contributed by atoms with E-state index in [1.165, 1.54) is 11.8 Å². The van der Waals surface area contributed by atoms with E-state index in [0.717, 1.165) is 11.3 Å². The fourth-order valence-corrected chi connectivity index (χ4v) is 5.10. The number of methoxy groups -OCH3 is 1. The summed E-state index contributed by atoms with van der Waals surface area (Å²) in [5.41, 5.74) is 2.58. The molecule has 3 aromatic carbocycles. The molecule has 0 aromatic heterocycles. The highest BCUT2D eigenvalue weighted by atomic mass is 35.5. The maximum absolute atomic E-state index is 13.3. The van der Waals surface area contributed by atoms with Gasteiger partial charge in [-0.15, -0.1) is 0 Å². The van der Waals surface area contributed by atoms with Crippen molar-refractivity contribution in [2.75, 3.05) is 25.6 Å². The molecule has 1 aliphatic heterocycles. The maximum atomic E-state index is 13.3. The average molecular weight is 566 g/mol. The summed E-state index contributed by atoms with van der Waals surface area (Å²) in [4.78, 5) is 44.6. The second-order valence-corrected chi connectivity index (χ2v) is 10.2. The van der Waals surface area contributed by atoms with Gasteiger partial charge in [-0.1, -0.05) is 35.5 Å². The number of rotatable bonds is 9. The lowest BCUT2D eigenvalue weighted by molar-refractivity contribution is -0.129. The quantitative estimate of drug-likeness (QED) is 0.333. The van der Waals surface area contributed by atoms with E-state index in [1.54, 1.807) is 67.5 Å². The summed E-state index contributed by atoms with van der Waals surface area (Å²) in [6, 6.07) is 21.1. The van der Waals surface area contributed by atoms with E-state index in [-0.39, 0.29) is 24.8 Å². The summed E-state index contributed by atoms with van der Waals surface area (Å²) in [6.07, 6.45) is 0.638. The molecule has 2 amide bonds. The molecule has 0 unspecified atom stereocenters. The molecule has 1 aliphatic rings. The molecule has 0 radical (unpaired) electrons. The molecule has 0 aliphatic carbocycles. The van der Waals surface area contributed by atoms with Crippen LogP contribution in [0.2, 0.25) is 5.02 Å². The molecular formula is C29H28ClN3O5S. The average Bonchev–Trinajstić information content (AvgIpc) is 2.94. The Balaban J connectivity index is 1.49. The summed E-state index contributed by atoms with van der Waals surface area (Å²) < 4.78 is 10.2. The van der Waals surface area contributed by atoms with Gasteiger partial charge in [0.15, 0.2) is 5.17 Å². The zero-order chi connectivity index (χ0) is 27.8. The highest BCUT2D eigenvalue weighted by Gasteiger charge is 2.35. The summed E-state index contributed by atoms with van der Waals surface area (Å²) in [5.74, 6) is -0.178. The summed E-state index contributed by atoms with van der Waals surface area (Å²) >= 11 is 7.27. The molecule has 8 nitrogen and oxygen atoms in total. The topological polar surface area (TPSA) is 97.3 Å². The molecule has 0 bridgehead atoms. The first-order valence-corrected chi connectivity index (χ1v) is 13.6. The number of amides is 2. The monoisotopic (exact) mass is 565 g/mol. The molecule has 202 valence electrons. The molecule has 3 aromatic rings. The lowest BCUT2D eigenvalue weighted by atomic mass is 10.1. The van der Waals surface area contributed by atoms with Crippen LogP contribution in [0.1, 0.15) is 29.3 Å². The number of hydrogen-bond donors (Lipinski definition) is 1. The molecule has 0 saturated carbocycles. The zero-order valence-electron chi connectivity index (χ0n) is 21.6. The van der Waals surface area contributed by atoms with E-state index in [1.807, 2.05) is 24.3 Å². The van der Waals surface area contributed by atoms with E-state index in [0.29, 0.717) is 40.1 Å². The normalized spacial score (nSPS) is 16.2. The number of anilines is 1. The van der Waals surface area contributed by atoms with Crippen LogP contribution >= 0.6 is 23.4 Å². The number of amidine groups is 1. The van der Waals surface area contributed by atoms with E-state index in [4.69, 9.17) is 26.1 Å². The number of aliphatic imine (C=N–C) groups is 1. The summed E-state index contributed by atoms with van der Waals surface area (Å²) in [6.45, 7) is 2.43. The zero-order valence-corrected chi connectivity index (χ0v) is 23.1. The first-order valence-electron chi connectivity index (χ1n) is 12.4. The van der Waals surface area contributed by atoms with Crippen molar-refractivity contribution in [2.45, 2.75) is 25.0 Å². The first-order chi connectivity index (χ1) is 18.9. The fraction of sp³-hybridized carbons (Fsp3) is 0.241. The number of benzene rings is 3. The molecule has 1 heterocycles. The molecule has 1 saturated heterocycles. The van der Waals surface area contributed by atoms with Gasteiger partial charge >= 0.3 is 5.97 Å². The van der Waals surface area contributed by atoms with Gasteiger partial charge in [0, 0.05) is 23.7 Å². The minimum absolute atomic E-state index is 0.0274. The lowest BCUT2D eigenvalue weighted by Gasteiger charge is -2.32. The minimum Gasteiger partial charge on any atom is -0.497 e. The Bertz CT molecular complexity index is 1340. The van der Waals surface area contributed by atoms with Gasteiger partial charge < -0.3 is 14.8 Å². The number of esters is 1. The molecule has 10 heteroatoms. The predicted octanol–water partition coefficient (Wildman–Crippen LogP) is 5.73. The van der Waals surface area contributed by atoms with Crippen molar-refractivity contribution in [3.05, 3.63) is 88.9 Å². The van der Waals surface area contributed by atoms with Crippen molar-refractivity contribution in [1.82, 2.24) is 4.90 Å². The van der Waals surface area contributed by atoms with Crippen LogP contribution in [0.15, 0.2) is 77.8 Å². The fourth-order valence-electron chi connectivity index (χ4n) is 3.85. The van der Waals surface area contributed by atoms with E-state index < -0.39 is 11.2 Å². The molecule has 1 atom stereocenters. The number of nitrogens with zero attached hydrogens (tertiary/aromatic N) is 2. The first kappa shape index (κ1) is 28.2. The van der Waals surface area contributed by atoms with Crippen LogP contribution in [0.3, 0.4) is 0 Å². The van der Waals surface area contributed by atoms with Crippen molar-refractivity contribution in [2.24, 2.45) is 4.99 Å². The highest BCUT2D eigenvalue weighted by molar-refractivity contribution is 8.15. The van der Waals surface area contributed by atoms with Crippen LogP contribution < -0.4 is 10.1 Å². The number of nitrogens with one attached hydrogen (secondary N) is 1. The Morgan fingerprint density at radius 2 is 1.74 bits per heavy atom. The van der Waals surface area contributed by atoms with Crippen LogP contribution in [0.25, 0.3) is 0 Å². The second kappa shape index (κ2) is 13.3. The van der Waals surface area contributed by atoms with Crippen LogP contribution in [-0.4, -0.2) is 53.4 Å². The molecular weight excluding hydrogens is 538 g/mol. The van der Waals surface area contributed by atoms with Gasteiger partial charge in [0.25, 0.3) is 0 Å². The van der Waals surface area contributed by atoms with Crippen LogP contribution in [0.4, 0.5) is 11.4 Å². The summed E-state index contributed by atoms with van der Waals surface area (Å²) in [5, 5.41) is 3.19. The van der Waals surface area contributed by atoms with Crippen LogP contribution in [0.5, 0.6) is 5.75 Å². The molecule has 39 heavy (non-hydrogen) atoms. The SMILES string of the molecule is CCOC(=O)c1ccc(NC(=O)[C@H]2CC(=O)N(CCc3ccc(OC)cc3)C(=Nc3ccc(Cl)cc3)S2)cc1. The third-order valence-corrected chi connectivity index (χ3v) is 7.37. The van der Waals surface area contributed by atoms with Crippen LogP contribution in [-0.2, 0) is 20.7 Å². The van der Waals surface area contributed by atoms with Crippen molar-refractivity contribution >= 4 is 57.7 Å². The van der Waals surface area contributed by atoms with Gasteiger partial charge in [0.05, 0.1) is 25.0 Å². The largest absolute Gasteiger partial charge is 0.497 e. The number of carbonyl (C=O) groups is 3. The van der Waals surface area contributed by atoms with Gasteiger partial charge in [-0.3, -0.25) is 14.5 Å². The number of halogens is 1. The van der Waals surface area contributed by atoms with Crippen molar-refractivity contribution in [1.29, 1.82) is 0 Å². The number of thioether (sulfide) groups is 1. The Kier molecular flexibility index (Phi) is 9.62. The lowest BCUT2D eigenvalue weighted by Crippen LogP contribution is -2.46. The number of carbonyl (C=O) groups excluding carboxylic acids is 3. The Morgan fingerprint density at radius 1 is 1.05 bits per heavy atom. The Morgan fingerprint density at radius 3 is 2.38 bits per heavy atom. The third-order valence-electron chi connectivity index (χ3n) is 5.93. The van der Waals surface area contributed by atoms with Crippen molar-refractivity contribution in [3.8, 4) is 5.75 Å². The Hall–Kier alpha value is -3.82. The standard InChI is InChI=1S/C29H28ClN3O5S/c1-3-38-28(36)20-6-10-22(11-7-20)31-27(35)25-18-26(34)33(17-16-19-4-14-24(37-2)15-5-19)29(39-25)32-23-12-8-21(30)9-13-23/h4-15,25H,3,16-18H2,1-2H3,(H,31,35)/t25-/m1/s1. The highest BCUT2D eigenvalue weighted by Crippen LogP contribution is 2.30. The number of hydrogen-bond acceptors (Lipinski definition) is 7. The van der Waals surface area contributed by atoms with E-state index >= 15 is 0 Å². The minimum atomic E-state index is -0.675. The molecule has 1 fully saturated rings. The summed E-state index contributed by atoms with van der Waals surface area (Å²) in [7, 11) is 1.61. The van der Waals surface area contributed by atoms with E-state index in [9.17, 15) is 14.4 Å². The van der Waals surface area contributed by atoms with E-state index in [2.05, 4.69) is 5.32 Å². The predicted molar refractivity (Wildman–Crippen MR) is 154 cm³/mol. The molecule has 1 N–H and O–H groups in total. The van der Waals surface area contributed by atoms with Gasteiger partial charge in [0.2, 0.25) is 11.8 Å². The molecule has 0 spiro atoms. The van der Waals surface area contributed by atoms with Crippen molar-refractivity contribution < 1.29 is 23.9 Å². The smallest absolute Gasteiger partial charge is 0.338 e. The number of ether oxygens (including phenoxy) is 2. The van der Waals surface area contributed by atoms with Gasteiger partial charge in [-0.05, 0) is 79.6 Å². The second-order valence-electron chi connectivity index (χ2n) is 8.61. The maximum Gasteiger partial charge on any atom is 0.338 e.